The van der Waals surface area contributed by atoms with E-state index in [0.717, 1.165) is 17.0 Å². The maximum Gasteiger partial charge on any atom is 0.335 e. The molecule has 0 unspecified atom stereocenters. The van der Waals surface area contributed by atoms with E-state index in [9.17, 15) is 4.79 Å². The van der Waals surface area contributed by atoms with Crippen molar-refractivity contribution in [2.24, 2.45) is 0 Å². The summed E-state index contributed by atoms with van der Waals surface area (Å²) in [7, 11) is 0. The minimum Gasteiger partial charge on any atom is -0.478 e. The van der Waals surface area contributed by atoms with Gasteiger partial charge >= 0.3 is 5.97 Å². The van der Waals surface area contributed by atoms with Gasteiger partial charge in [-0.2, -0.15) is 0 Å². The minimum absolute atomic E-state index is 0.135. The second-order valence-corrected chi connectivity index (χ2v) is 8.79. The van der Waals surface area contributed by atoms with Crippen LogP contribution >= 0.6 is 11.3 Å². The number of benzene rings is 1. The summed E-state index contributed by atoms with van der Waals surface area (Å²) in [5, 5.41) is 9.97. The highest BCUT2D eigenvalue weighted by molar-refractivity contribution is 7.12. The van der Waals surface area contributed by atoms with E-state index >= 15 is 0 Å². The maximum absolute atomic E-state index is 10.9. The van der Waals surface area contributed by atoms with Gasteiger partial charge in [0.15, 0.2) is 0 Å². The molecule has 0 bridgehead atoms. The summed E-state index contributed by atoms with van der Waals surface area (Å²) in [4.78, 5) is 17.2. The SMILES string of the molecule is CC1(C)CCC(C)(C)c2sc(/C=C\c3ccc(C(=O)O)cc3)nc21. The van der Waals surface area contributed by atoms with Crippen LogP contribution in [-0.4, -0.2) is 16.1 Å². The van der Waals surface area contributed by atoms with E-state index in [-0.39, 0.29) is 10.8 Å². The first-order valence-electron chi connectivity index (χ1n) is 8.22. The molecule has 3 rings (SSSR count). The lowest BCUT2D eigenvalue weighted by Gasteiger charge is -2.37. The van der Waals surface area contributed by atoms with E-state index in [4.69, 9.17) is 10.1 Å². The number of nitrogens with zero attached hydrogens (tertiary/aromatic N) is 1. The maximum atomic E-state index is 10.9. The fraction of sp³-hybridized carbons (Fsp3) is 0.400. The standard InChI is InChI=1S/C20H23NO2S/c1-19(2)11-12-20(3,4)17-16(19)21-15(24-17)10-7-13-5-8-14(9-6-13)18(22)23/h5-10H,11-12H2,1-4H3,(H,22,23)/b10-7-. The van der Waals surface area contributed by atoms with Crippen LogP contribution in [0.3, 0.4) is 0 Å². The molecule has 1 heterocycles. The number of thiazole rings is 1. The lowest BCUT2D eigenvalue weighted by Crippen LogP contribution is -2.32. The van der Waals surface area contributed by atoms with Gasteiger partial charge in [-0.15, -0.1) is 11.3 Å². The molecule has 0 amide bonds. The fourth-order valence-corrected chi connectivity index (χ4v) is 4.37. The summed E-state index contributed by atoms with van der Waals surface area (Å²) < 4.78 is 0. The van der Waals surface area contributed by atoms with Crippen LogP contribution in [-0.2, 0) is 10.8 Å². The van der Waals surface area contributed by atoms with Gasteiger partial charge < -0.3 is 5.11 Å². The summed E-state index contributed by atoms with van der Waals surface area (Å²) in [6.07, 6.45) is 6.38. The molecule has 3 nitrogen and oxygen atoms in total. The molecule has 1 aliphatic rings. The van der Waals surface area contributed by atoms with Crippen molar-refractivity contribution >= 4 is 29.5 Å². The van der Waals surface area contributed by atoms with Crippen LogP contribution in [0.4, 0.5) is 0 Å². The second kappa shape index (κ2) is 5.85. The number of hydrogen-bond acceptors (Lipinski definition) is 3. The monoisotopic (exact) mass is 341 g/mol. The Kier molecular flexibility index (Phi) is 4.12. The first-order chi connectivity index (χ1) is 11.2. The number of fused-ring (bicyclic) bond motifs is 1. The Bertz CT molecular complexity index is 764. The molecular formula is C20H23NO2S. The van der Waals surface area contributed by atoms with Gasteiger partial charge in [-0.05, 0) is 36.6 Å². The normalized spacial score (nSPS) is 18.5. The molecule has 0 fully saturated rings. The molecular weight excluding hydrogens is 318 g/mol. The number of carboxylic acid groups (broad SMARTS) is 1. The highest BCUT2D eigenvalue weighted by atomic mass is 32.1. The molecule has 1 N–H and O–H groups in total. The van der Waals surface area contributed by atoms with E-state index in [1.54, 1.807) is 23.5 Å². The molecule has 24 heavy (non-hydrogen) atoms. The van der Waals surface area contributed by atoms with Gasteiger partial charge in [0.2, 0.25) is 0 Å². The Morgan fingerprint density at radius 3 is 2.29 bits per heavy atom. The van der Waals surface area contributed by atoms with E-state index in [1.165, 1.54) is 17.0 Å². The molecule has 1 aromatic heterocycles. The number of carbonyl (C=O) groups is 1. The summed E-state index contributed by atoms with van der Waals surface area (Å²) in [6.45, 7) is 9.16. The Morgan fingerprint density at radius 2 is 1.71 bits per heavy atom. The topological polar surface area (TPSA) is 50.2 Å². The molecule has 0 saturated heterocycles. The van der Waals surface area contributed by atoms with Crippen molar-refractivity contribution in [2.75, 3.05) is 0 Å². The van der Waals surface area contributed by atoms with E-state index in [0.29, 0.717) is 5.56 Å². The molecule has 1 aromatic carbocycles. The summed E-state index contributed by atoms with van der Waals surface area (Å²) in [6, 6.07) is 6.89. The van der Waals surface area contributed by atoms with Crippen LogP contribution in [0.25, 0.3) is 12.2 Å². The van der Waals surface area contributed by atoms with Crippen molar-refractivity contribution in [3.05, 3.63) is 51.0 Å². The Morgan fingerprint density at radius 1 is 1.08 bits per heavy atom. The molecule has 0 saturated carbocycles. The lowest BCUT2D eigenvalue weighted by atomic mass is 9.69. The van der Waals surface area contributed by atoms with E-state index < -0.39 is 5.97 Å². The third-order valence-electron chi connectivity index (χ3n) is 4.85. The first kappa shape index (κ1) is 16.9. The highest BCUT2D eigenvalue weighted by Gasteiger charge is 2.40. The van der Waals surface area contributed by atoms with Crippen molar-refractivity contribution < 1.29 is 9.90 Å². The largest absolute Gasteiger partial charge is 0.478 e. The summed E-state index contributed by atoms with van der Waals surface area (Å²) >= 11 is 1.78. The predicted octanol–water partition coefficient (Wildman–Crippen LogP) is 5.36. The average molecular weight is 341 g/mol. The van der Waals surface area contributed by atoms with Gasteiger partial charge in [-0.3, -0.25) is 0 Å². The summed E-state index contributed by atoms with van der Waals surface area (Å²) in [5.74, 6) is -0.900. The molecule has 4 heteroatoms. The van der Waals surface area contributed by atoms with Crippen LogP contribution in [0.1, 0.15) is 72.0 Å². The van der Waals surface area contributed by atoms with Gasteiger partial charge in [0.25, 0.3) is 0 Å². The zero-order valence-electron chi connectivity index (χ0n) is 14.6. The smallest absolute Gasteiger partial charge is 0.335 e. The number of rotatable bonds is 3. The third kappa shape index (κ3) is 3.16. The van der Waals surface area contributed by atoms with Crippen LogP contribution in [0.5, 0.6) is 0 Å². The van der Waals surface area contributed by atoms with Gasteiger partial charge in [0.1, 0.15) is 5.01 Å². The number of aromatic carboxylic acids is 1. The number of carboxylic acids is 1. The van der Waals surface area contributed by atoms with Crippen LogP contribution in [0.2, 0.25) is 0 Å². The number of hydrogen-bond donors (Lipinski definition) is 1. The first-order valence-corrected chi connectivity index (χ1v) is 9.04. The molecule has 0 radical (unpaired) electrons. The van der Waals surface area contributed by atoms with E-state index in [2.05, 4.69) is 27.7 Å². The highest BCUT2D eigenvalue weighted by Crippen LogP contribution is 2.48. The molecule has 0 spiro atoms. The Labute approximate surface area is 147 Å². The predicted molar refractivity (Wildman–Crippen MR) is 99.7 cm³/mol. The molecule has 0 aliphatic heterocycles. The van der Waals surface area contributed by atoms with Gasteiger partial charge in [0.05, 0.1) is 11.3 Å². The van der Waals surface area contributed by atoms with E-state index in [1.807, 2.05) is 24.3 Å². The van der Waals surface area contributed by atoms with Gasteiger partial charge in [-0.1, -0.05) is 45.9 Å². The summed E-state index contributed by atoms with van der Waals surface area (Å²) in [5.41, 5.74) is 2.85. The second-order valence-electron chi connectivity index (χ2n) is 7.76. The lowest BCUT2D eigenvalue weighted by molar-refractivity contribution is 0.0697. The van der Waals surface area contributed by atoms with Crippen molar-refractivity contribution in [2.45, 2.75) is 51.4 Å². The zero-order valence-corrected chi connectivity index (χ0v) is 15.4. The molecule has 126 valence electrons. The molecule has 1 aliphatic carbocycles. The third-order valence-corrected chi connectivity index (χ3v) is 6.24. The van der Waals surface area contributed by atoms with Crippen molar-refractivity contribution in [1.82, 2.24) is 4.98 Å². The minimum atomic E-state index is -0.900. The zero-order chi connectivity index (χ0) is 17.5. The van der Waals surface area contributed by atoms with Crippen LogP contribution in [0.15, 0.2) is 24.3 Å². The Hall–Kier alpha value is -1.94. The van der Waals surface area contributed by atoms with Crippen LogP contribution in [0, 0.1) is 0 Å². The van der Waals surface area contributed by atoms with Crippen LogP contribution < -0.4 is 0 Å². The fourth-order valence-electron chi connectivity index (χ4n) is 3.09. The average Bonchev–Trinajstić information content (AvgIpc) is 2.97. The van der Waals surface area contributed by atoms with Crippen molar-refractivity contribution in [3.8, 4) is 0 Å². The quantitative estimate of drug-likeness (QED) is 0.817. The molecule has 2 aromatic rings. The number of aromatic nitrogens is 1. The van der Waals surface area contributed by atoms with Gasteiger partial charge in [-0.25, -0.2) is 9.78 Å². The Balaban J connectivity index is 1.89. The van der Waals surface area contributed by atoms with Crippen molar-refractivity contribution in [3.63, 3.8) is 0 Å². The molecule has 0 atom stereocenters. The van der Waals surface area contributed by atoms with Gasteiger partial charge in [0, 0.05) is 15.7 Å². The van der Waals surface area contributed by atoms with Crippen molar-refractivity contribution in [1.29, 1.82) is 0 Å².